The van der Waals surface area contributed by atoms with E-state index in [9.17, 15) is 0 Å². The highest BCUT2D eigenvalue weighted by Crippen LogP contribution is 2.12. The number of hydrazine groups is 1. The molecule has 0 aromatic carbocycles. The molecule has 0 saturated heterocycles. The van der Waals surface area contributed by atoms with E-state index < -0.39 is 0 Å². The van der Waals surface area contributed by atoms with Crippen LogP contribution in [-0.4, -0.2) is 17.5 Å². The maximum Gasteiger partial charge on any atom is 0.0304 e. The third kappa shape index (κ3) is 8.60. The minimum atomic E-state index is 0.426. The summed E-state index contributed by atoms with van der Waals surface area (Å²) in [5, 5.41) is 0. The number of thioether (sulfide) groups is 1. The second-order valence-corrected chi connectivity index (χ2v) is 5.37. The molecule has 0 aliphatic carbocycles. The lowest BCUT2D eigenvalue weighted by Gasteiger charge is -2.15. The normalized spacial score (nSPS) is 13.2. The summed E-state index contributed by atoms with van der Waals surface area (Å²) >= 11 is 1.97. The van der Waals surface area contributed by atoms with Gasteiger partial charge in [0.05, 0.1) is 0 Å². The maximum atomic E-state index is 5.48. The molecular formula is C11H24N2S. The smallest absolute Gasteiger partial charge is 0.0304 e. The van der Waals surface area contributed by atoms with Gasteiger partial charge in [-0.1, -0.05) is 19.4 Å². The predicted octanol–water partition coefficient (Wildman–Crippen LogP) is 2.56. The van der Waals surface area contributed by atoms with Crippen molar-refractivity contribution in [3.8, 4) is 0 Å². The minimum Gasteiger partial charge on any atom is -0.271 e. The molecule has 2 nitrogen and oxygen atoms in total. The second kappa shape index (κ2) is 8.33. The van der Waals surface area contributed by atoms with Gasteiger partial charge in [0.25, 0.3) is 0 Å². The molecule has 0 aliphatic heterocycles. The predicted molar refractivity (Wildman–Crippen MR) is 67.3 cm³/mol. The standard InChI is InChI=1S/C11H24N2S/c1-9(2)5-6-11(13-12)8-14-7-10(3)4/h10-11,13H,1,5-8,12H2,2-4H3. The number of nitrogens with two attached hydrogens (primary N) is 1. The summed E-state index contributed by atoms with van der Waals surface area (Å²) < 4.78 is 0. The fourth-order valence-electron chi connectivity index (χ4n) is 1.08. The van der Waals surface area contributed by atoms with Crippen LogP contribution < -0.4 is 11.3 Å². The molecule has 0 saturated carbocycles. The quantitative estimate of drug-likeness (QED) is 0.372. The Hall–Kier alpha value is 0.01000. The SMILES string of the molecule is C=C(C)CCC(CSCC(C)C)NN. The molecule has 0 bridgehead atoms. The van der Waals surface area contributed by atoms with Crippen LogP contribution in [0.1, 0.15) is 33.6 Å². The summed E-state index contributed by atoms with van der Waals surface area (Å²) in [6, 6.07) is 0.426. The van der Waals surface area contributed by atoms with Crippen molar-refractivity contribution in [1.82, 2.24) is 5.43 Å². The maximum absolute atomic E-state index is 5.48. The zero-order chi connectivity index (χ0) is 11.0. The van der Waals surface area contributed by atoms with E-state index in [0.29, 0.717) is 6.04 Å². The first kappa shape index (κ1) is 14.0. The summed E-state index contributed by atoms with van der Waals surface area (Å²) in [6.45, 7) is 10.4. The average Bonchev–Trinajstić information content (AvgIpc) is 2.10. The first-order chi connectivity index (χ1) is 6.56. The van der Waals surface area contributed by atoms with Crippen LogP contribution in [-0.2, 0) is 0 Å². The highest BCUT2D eigenvalue weighted by molar-refractivity contribution is 7.99. The van der Waals surface area contributed by atoms with Crippen molar-refractivity contribution in [3.05, 3.63) is 12.2 Å². The minimum absolute atomic E-state index is 0.426. The molecule has 0 spiro atoms. The molecule has 0 radical (unpaired) electrons. The van der Waals surface area contributed by atoms with Crippen molar-refractivity contribution in [1.29, 1.82) is 0 Å². The van der Waals surface area contributed by atoms with Crippen LogP contribution in [0.15, 0.2) is 12.2 Å². The Labute approximate surface area is 92.7 Å². The van der Waals surface area contributed by atoms with Crippen LogP contribution in [0.4, 0.5) is 0 Å². The Kier molecular flexibility index (Phi) is 8.34. The highest BCUT2D eigenvalue weighted by Gasteiger charge is 2.06. The molecule has 14 heavy (non-hydrogen) atoms. The average molecular weight is 216 g/mol. The van der Waals surface area contributed by atoms with Gasteiger partial charge in [0, 0.05) is 11.8 Å². The molecule has 0 amide bonds. The van der Waals surface area contributed by atoms with Crippen LogP contribution in [0.2, 0.25) is 0 Å². The third-order valence-electron chi connectivity index (χ3n) is 1.93. The number of allylic oxidation sites excluding steroid dienone is 1. The summed E-state index contributed by atoms with van der Waals surface area (Å²) in [7, 11) is 0. The highest BCUT2D eigenvalue weighted by atomic mass is 32.2. The van der Waals surface area contributed by atoms with Crippen molar-refractivity contribution < 1.29 is 0 Å². The van der Waals surface area contributed by atoms with E-state index in [0.717, 1.165) is 24.5 Å². The largest absolute Gasteiger partial charge is 0.271 e. The summed E-state index contributed by atoms with van der Waals surface area (Å²) in [5.74, 6) is 8.56. The van der Waals surface area contributed by atoms with Crippen LogP contribution in [0.3, 0.4) is 0 Å². The fourth-order valence-corrected chi connectivity index (χ4v) is 2.24. The van der Waals surface area contributed by atoms with Crippen LogP contribution in [0.5, 0.6) is 0 Å². The van der Waals surface area contributed by atoms with Gasteiger partial charge in [-0.15, -0.1) is 6.58 Å². The lowest BCUT2D eigenvalue weighted by molar-refractivity contribution is 0.538. The Morgan fingerprint density at radius 1 is 1.43 bits per heavy atom. The number of hydrogen-bond acceptors (Lipinski definition) is 3. The Balaban J connectivity index is 3.52. The third-order valence-corrected chi connectivity index (χ3v) is 3.47. The summed E-state index contributed by atoms with van der Waals surface area (Å²) in [4.78, 5) is 0. The van der Waals surface area contributed by atoms with Crippen molar-refractivity contribution in [2.24, 2.45) is 11.8 Å². The van der Waals surface area contributed by atoms with E-state index in [-0.39, 0.29) is 0 Å². The first-order valence-corrected chi connectivity index (χ1v) is 6.40. The molecular weight excluding hydrogens is 192 g/mol. The second-order valence-electron chi connectivity index (χ2n) is 4.29. The number of hydrogen-bond donors (Lipinski definition) is 2. The molecule has 0 fully saturated rings. The zero-order valence-corrected chi connectivity index (χ0v) is 10.5. The molecule has 0 heterocycles. The van der Waals surface area contributed by atoms with E-state index in [4.69, 9.17) is 5.84 Å². The van der Waals surface area contributed by atoms with Crippen molar-refractivity contribution in [3.63, 3.8) is 0 Å². The van der Waals surface area contributed by atoms with Gasteiger partial charge >= 0.3 is 0 Å². The molecule has 0 aromatic rings. The van der Waals surface area contributed by atoms with E-state index in [2.05, 4.69) is 32.8 Å². The molecule has 1 atom stereocenters. The van der Waals surface area contributed by atoms with Crippen molar-refractivity contribution in [2.75, 3.05) is 11.5 Å². The van der Waals surface area contributed by atoms with Crippen LogP contribution in [0, 0.1) is 5.92 Å². The van der Waals surface area contributed by atoms with Gasteiger partial charge in [0.15, 0.2) is 0 Å². The number of rotatable bonds is 8. The molecule has 3 N–H and O–H groups in total. The van der Waals surface area contributed by atoms with Gasteiger partial charge in [0.2, 0.25) is 0 Å². The van der Waals surface area contributed by atoms with Gasteiger partial charge in [-0.3, -0.25) is 11.3 Å². The van der Waals surface area contributed by atoms with Gasteiger partial charge in [-0.2, -0.15) is 11.8 Å². The Morgan fingerprint density at radius 2 is 2.07 bits per heavy atom. The Bertz CT molecular complexity index is 157. The summed E-state index contributed by atoms with van der Waals surface area (Å²) in [6.07, 6.45) is 2.16. The van der Waals surface area contributed by atoms with E-state index in [1.54, 1.807) is 0 Å². The molecule has 84 valence electrons. The van der Waals surface area contributed by atoms with Gasteiger partial charge < -0.3 is 0 Å². The monoisotopic (exact) mass is 216 g/mol. The van der Waals surface area contributed by atoms with E-state index in [1.807, 2.05) is 11.8 Å². The molecule has 3 heteroatoms. The van der Waals surface area contributed by atoms with Crippen LogP contribution in [0.25, 0.3) is 0 Å². The zero-order valence-electron chi connectivity index (χ0n) is 9.68. The lowest BCUT2D eigenvalue weighted by Crippen LogP contribution is -2.37. The van der Waals surface area contributed by atoms with Crippen molar-refractivity contribution >= 4 is 11.8 Å². The molecule has 0 aromatic heterocycles. The van der Waals surface area contributed by atoms with E-state index >= 15 is 0 Å². The Morgan fingerprint density at radius 3 is 2.50 bits per heavy atom. The first-order valence-electron chi connectivity index (χ1n) is 5.24. The molecule has 0 aliphatic rings. The van der Waals surface area contributed by atoms with Gasteiger partial charge in [0.1, 0.15) is 0 Å². The van der Waals surface area contributed by atoms with Gasteiger partial charge in [-0.25, -0.2) is 0 Å². The summed E-state index contributed by atoms with van der Waals surface area (Å²) in [5.41, 5.74) is 4.10. The lowest BCUT2D eigenvalue weighted by atomic mass is 10.1. The number of nitrogens with one attached hydrogen (secondary N) is 1. The van der Waals surface area contributed by atoms with Crippen molar-refractivity contribution in [2.45, 2.75) is 39.7 Å². The van der Waals surface area contributed by atoms with E-state index in [1.165, 1.54) is 11.3 Å². The molecule has 0 rings (SSSR count). The van der Waals surface area contributed by atoms with Gasteiger partial charge in [-0.05, 0) is 31.4 Å². The molecule has 1 unspecified atom stereocenters. The topological polar surface area (TPSA) is 38.0 Å². The van der Waals surface area contributed by atoms with Crippen LogP contribution >= 0.6 is 11.8 Å². The fraction of sp³-hybridized carbons (Fsp3) is 0.818.